The van der Waals surface area contributed by atoms with E-state index in [1.807, 2.05) is 0 Å². The van der Waals surface area contributed by atoms with Crippen molar-refractivity contribution in [3.8, 4) is 11.4 Å². The summed E-state index contributed by atoms with van der Waals surface area (Å²) in [6.07, 6.45) is 1.65. The molecule has 3 heterocycles. The van der Waals surface area contributed by atoms with Crippen molar-refractivity contribution >= 4 is 11.7 Å². The Bertz CT molecular complexity index is 893. The number of aromatic nitrogens is 5. The highest BCUT2D eigenvalue weighted by molar-refractivity contribution is 6.01. The van der Waals surface area contributed by atoms with Crippen LogP contribution in [0.3, 0.4) is 0 Å². The number of rotatable bonds is 4. The quantitative estimate of drug-likeness (QED) is 0.786. The summed E-state index contributed by atoms with van der Waals surface area (Å²) in [5.41, 5.74) is 0.829. The first-order valence-corrected chi connectivity index (χ1v) is 7.33. The van der Waals surface area contributed by atoms with Crippen LogP contribution in [0.5, 0.6) is 0 Å². The minimum Gasteiger partial charge on any atom is -0.314 e. The summed E-state index contributed by atoms with van der Waals surface area (Å²) < 4.78 is 26.9. The van der Waals surface area contributed by atoms with E-state index in [1.54, 1.807) is 24.6 Å². The predicted octanol–water partition coefficient (Wildman–Crippen LogP) is 2.77. The molecule has 0 radical (unpaired) electrons. The van der Waals surface area contributed by atoms with Crippen molar-refractivity contribution in [1.82, 2.24) is 24.5 Å². The van der Waals surface area contributed by atoms with E-state index in [9.17, 15) is 13.6 Å². The van der Waals surface area contributed by atoms with Gasteiger partial charge in [0.15, 0.2) is 0 Å². The minimum absolute atomic E-state index is 0.0348. The first kappa shape index (κ1) is 16.6. The number of pyridine rings is 1. The Kier molecular flexibility index (Phi) is 4.46. The first-order chi connectivity index (χ1) is 12.0. The van der Waals surface area contributed by atoms with Crippen LogP contribution in [0.1, 0.15) is 28.4 Å². The van der Waals surface area contributed by atoms with Crippen LogP contribution in [-0.4, -0.2) is 30.4 Å². The number of carbonyl (C=O) groups excluding carboxylic acids is 1. The van der Waals surface area contributed by atoms with Gasteiger partial charge in [0.25, 0.3) is 12.3 Å². The van der Waals surface area contributed by atoms with Gasteiger partial charge in [0.05, 0.1) is 5.69 Å². The van der Waals surface area contributed by atoms with Crippen molar-refractivity contribution in [3.63, 3.8) is 0 Å². The number of aryl methyl sites for hydroxylation is 1. The van der Waals surface area contributed by atoms with E-state index < -0.39 is 12.3 Å². The maximum absolute atomic E-state index is 12.6. The van der Waals surface area contributed by atoms with Crippen LogP contribution in [0.4, 0.5) is 14.6 Å². The molecule has 3 rings (SSSR count). The molecule has 0 atom stereocenters. The van der Waals surface area contributed by atoms with Crippen LogP contribution in [0.15, 0.2) is 36.8 Å². The number of halogens is 2. The van der Waals surface area contributed by atoms with E-state index in [-0.39, 0.29) is 11.5 Å². The zero-order chi connectivity index (χ0) is 18.0. The Labute approximate surface area is 141 Å². The van der Waals surface area contributed by atoms with Crippen molar-refractivity contribution in [3.05, 3.63) is 54.0 Å². The number of hydrogen-bond donors (Lipinski definition) is 1. The first-order valence-electron chi connectivity index (χ1n) is 7.33. The van der Waals surface area contributed by atoms with Gasteiger partial charge >= 0.3 is 0 Å². The Morgan fingerprint density at radius 2 is 1.92 bits per heavy atom. The normalized spacial score (nSPS) is 10.9. The van der Waals surface area contributed by atoms with Gasteiger partial charge in [0, 0.05) is 31.2 Å². The van der Waals surface area contributed by atoms with Crippen LogP contribution < -0.4 is 5.32 Å². The van der Waals surface area contributed by atoms with Gasteiger partial charge in [-0.1, -0.05) is 0 Å². The maximum atomic E-state index is 12.6. The molecule has 128 valence electrons. The van der Waals surface area contributed by atoms with Gasteiger partial charge in [-0.15, -0.1) is 0 Å². The molecular weight excluding hydrogens is 330 g/mol. The average molecular weight is 344 g/mol. The number of hydrogen-bond acceptors (Lipinski definition) is 5. The molecule has 25 heavy (non-hydrogen) atoms. The van der Waals surface area contributed by atoms with E-state index in [2.05, 4.69) is 25.3 Å². The fourth-order valence-corrected chi connectivity index (χ4v) is 2.31. The van der Waals surface area contributed by atoms with Gasteiger partial charge in [-0.05, 0) is 25.1 Å². The van der Waals surface area contributed by atoms with E-state index in [4.69, 9.17) is 0 Å². The van der Waals surface area contributed by atoms with Crippen molar-refractivity contribution in [2.75, 3.05) is 5.32 Å². The van der Waals surface area contributed by atoms with Gasteiger partial charge in [-0.2, -0.15) is 0 Å². The third-order valence-electron chi connectivity index (χ3n) is 3.54. The maximum Gasteiger partial charge on any atom is 0.294 e. The van der Waals surface area contributed by atoms with Crippen molar-refractivity contribution < 1.29 is 13.6 Å². The molecule has 0 spiro atoms. The van der Waals surface area contributed by atoms with Gasteiger partial charge in [-0.3, -0.25) is 9.78 Å². The molecular formula is C16H14F2N6O. The van der Waals surface area contributed by atoms with Gasteiger partial charge in [0.2, 0.25) is 5.82 Å². The summed E-state index contributed by atoms with van der Waals surface area (Å²) >= 11 is 0. The number of carbonyl (C=O) groups is 1. The molecule has 0 aliphatic heterocycles. The molecule has 7 nitrogen and oxygen atoms in total. The van der Waals surface area contributed by atoms with Gasteiger partial charge in [-0.25, -0.2) is 23.7 Å². The molecule has 9 heteroatoms. The van der Waals surface area contributed by atoms with Crippen LogP contribution in [-0.2, 0) is 7.05 Å². The third kappa shape index (κ3) is 3.35. The van der Waals surface area contributed by atoms with Crippen LogP contribution in [0.2, 0.25) is 0 Å². The lowest BCUT2D eigenvalue weighted by molar-refractivity contribution is 0.101. The number of alkyl halides is 2. The predicted molar refractivity (Wildman–Crippen MR) is 86.1 cm³/mol. The molecule has 0 unspecified atom stereocenters. The molecule has 0 saturated heterocycles. The summed E-state index contributed by atoms with van der Waals surface area (Å²) in [5, 5.41) is 2.71. The SMILES string of the molecule is Cc1nc(-c2ccc(C(F)F)nc2)n(C)c1NC(=O)c1ncccn1. The lowest BCUT2D eigenvalue weighted by Crippen LogP contribution is -2.17. The monoisotopic (exact) mass is 344 g/mol. The van der Waals surface area contributed by atoms with Crippen molar-refractivity contribution in [2.45, 2.75) is 13.3 Å². The second-order valence-corrected chi connectivity index (χ2v) is 5.23. The summed E-state index contributed by atoms with van der Waals surface area (Å²) in [6, 6.07) is 4.38. The molecule has 0 fully saturated rings. The van der Waals surface area contributed by atoms with E-state index >= 15 is 0 Å². The standard InChI is InChI=1S/C16H14F2N6O/c1-9-14(23-16(25)13-19-6-3-7-20-13)24(2)15(22-9)10-4-5-11(12(17)18)21-8-10/h3-8,12H,1-2H3,(H,23,25). The minimum atomic E-state index is -2.63. The molecule has 3 aromatic rings. The summed E-state index contributed by atoms with van der Waals surface area (Å²) in [4.78, 5) is 28.1. The van der Waals surface area contributed by atoms with Gasteiger partial charge < -0.3 is 9.88 Å². The molecule has 0 aromatic carbocycles. The number of imidazole rings is 1. The highest BCUT2D eigenvalue weighted by atomic mass is 19.3. The molecule has 3 aromatic heterocycles. The van der Waals surface area contributed by atoms with Crippen LogP contribution in [0.25, 0.3) is 11.4 Å². The Morgan fingerprint density at radius 3 is 2.52 bits per heavy atom. The van der Waals surface area contributed by atoms with Crippen molar-refractivity contribution in [1.29, 1.82) is 0 Å². The highest BCUT2D eigenvalue weighted by Crippen LogP contribution is 2.25. The number of anilines is 1. The molecule has 0 bridgehead atoms. The zero-order valence-electron chi connectivity index (χ0n) is 13.4. The second-order valence-electron chi connectivity index (χ2n) is 5.23. The largest absolute Gasteiger partial charge is 0.314 e. The molecule has 1 amide bonds. The fraction of sp³-hybridized carbons (Fsp3) is 0.188. The van der Waals surface area contributed by atoms with E-state index in [1.165, 1.54) is 30.7 Å². The van der Waals surface area contributed by atoms with Gasteiger partial charge in [0.1, 0.15) is 17.3 Å². The van der Waals surface area contributed by atoms with Crippen LogP contribution in [0, 0.1) is 6.92 Å². The lowest BCUT2D eigenvalue weighted by Gasteiger charge is -2.08. The average Bonchev–Trinajstić information content (AvgIpc) is 2.90. The fourth-order valence-electron chi connectivity index (χ4n) is 2.31. The summed E-state index contributed by atoms with van der Waals surface area (Å²) in [7, 11) is 1.71. The highest BCUT2D eigenvalue weighted by Gasteiger charge is 2.18. The Balaban J connectivity index is 1.89. The zero-order valence-corrected chi connectivity index (χ0v) is 13.4. The molecule has 1 N–H and O–H groups in total. The van der Waals surface area contributed by atoms with E-state index in [0.717, 1.165) is 0 Å². The summed E-state index contributed by atoms with van der Waals surface area (Å²) in [5.74, 6) is 0.525. The van der Waals surface area contributed by atoms with Crippen molar-refractivity contribution in [2.24, 2.45) is 7.05 Å². The summed E-state index contributed by atoms with van der Waals surface area (Å²) in [6.45, 7) is 1.73. The molecule has 0 aliphatic rings. The number of nitrogens with one attached hydrogen (secondary N) is 1. The third-order valence-corrected chi connectivity index (χ3v) is 3.54. The van der Waals surface area contributed by atoms with E-state index in [0.29, 0.717) is 22.9 Å². The molecule has 0 aliphatic carbocycles. The Hall–Kier alpha value is -3.23. The second kappa shape index (κ2) is 6.71. The Morgan fingerprint density at radius 1 is 1.20 bits per heavy atom. The van der Waals surface area contributed by atoms with Crippen LogP contribution >= 0.6 is 0 Å². The number of amides is 1. The molecule has 0 saturated carbocycles. The lowest BCUT2D eigenvalue weighted by atomic mass is 10.2. The number of nitrogens with zero attached hydrogens (tertiary/aromatic N) is 5. The topological polar surface area (TPSA) is 85.6 Å². The smallest absolute Gasteiger partial charge is 0.294 e.